The summed E-state index contributed by atoms with van der Waals surface area (Å²) in [4.78, 5) is 25.2. The highest BCUT2D eigenvalue weighted by atomic mass is 16.5. The zero-order valence-corrected chi connectivity index (χ0v) is 11.4. The van der Waals surface area contributed by atoms with Crippen LogP contribution in [0.1, 0.15) is 30.6 Å². The largest absolute Gasteiger partial charge is 0.465 e. The number of ether oxygens (including phenoxy) is 1. The number of carbonyl (C=O) groups excluding carboxylic acids is 2. The Balaban J connectivity index is 2.77. The van der Waals surface area contributed by atoms with E-state index in [0.717, 1.165) is 6.42 Å². The molecule has 1 aromatic rings. The molecule has 0 heterocycles. The Bertz CT molecular complexity index is 429. The molecule has 19 heavy (non-hydrogen) atoms. The molecule has 0 radical (unpaired) electrons. The molecule has 2 N–H and O–H groups in total. The summed E-state index contributed by atoms with van der Waals surface area (Å²) in [6.07, 6.45) is 0.778. The quantitative estimate of drug-likeness (QED) is 0.626. The van der Waals surface area contributed by atoms with Gasteiger partial charge in [0.25, 0.3) is 5.91 Å². The Morgan fingerprint density at radius 3 is 2.37 bits per heavy atom. The van der Waals surface area contributed by atoms with Crippen molar-refractivity contribution in [1.29, 1.82) is 0 Å². The Morgan fingerprint density at radius 2 is 1.84 bits per heavy atom. The maximum Gasteiger partial charge on any atom is 0.325 e. The molecular weight excluding hydrogens is 244 g/mol. The van der Waals surface area contributed by atoms with E-state index in [-0.39, 0.29) is 18.4 Å². The maximum absolute atomic E-state index is 12.3. The summed E-state index contributed by atoms with van der Waals surface area (Å²) in [5, 5.41) is 0. The smallest absolute Gasteiger partial charge is 0.325 e. The maximum atomic E-state index is 12.3. The molecule has 0 aliphatic carbocycles. The van der Waals surface area contributed by atoms with Gasteiger partial charge in [-0.25, -0.2) is 0 Å². The molecule has 0 spiro atoms. The number of hydrogen-bond donors (Lipinski definition) is 1. The molecule has 5 nitrogen and oxygen atoms in total. The van der Waals surface area contributed by atoms with Crippen molar-refractivity contribution in [1.82, 2.24) is 4.90 Å². The van der Waals surface area contributed by atoms with Crippen molar-refractivity contribution in [3.63, 3.8) is 0 Å². The summed E-state index contributed by atoms with van der Waals surface area (Å²) >= 11 is 0. The average Bonchev–Trinajstić information content (AvgIpc) is 2.38. The van der Waals surface area contributed by atoms with Gasteiger partial charge in [-0.05, 0) is 37.6 Å². The van der Waals surface area contributed by atoms with Gasteiger partial charge < -0.3 is 15.4 Å². The molecule has 5 heteroatoms. The minimum atomic E-state index is -0.389. The number of anilines is 1. The first-order chi connectivity index (χ1) is 9.08. The summed E-state index contributed by atoms with van der Waals surface area (Å²) in [6.45, 7) is 4.50. The lowest BCUT2D eigenvalue weighted by Crippen LogP contribution is -2.37. The second kappa shape index (κ2) is 7.41. The van der Waals surface area contributed by atoms with Crippen LogP contribution < -0.4 is 5.73 Å². The van der Waals surface area contributed by atoms with Crippen LogP contribution in [0.25, 0.3) is 0 Å². The van der Waals surface area contributed by atoms with Gasteiger partial charge in [-0.15, -0.1) is 0 Å². The van der Waals surface area contributed by atoms with E-state index < -0.39 is 0 Å². The molecule has 0 aromatic heterocycles. The summed E-state index contributed by atoms with van der Waals surface area (Å²) in [5.41, 5.74) is 6.70. The van der Waals surface area contributed by atoms with Crippen LogP contribution in [0, 0.1) is 0 Å². The van der Waals surface area contributed by atoms with Crippen LogP contribution in [0.2, 0.25) is 0 Å². The zero-order chi connectivity index (χ0) is 14.3. The topological polar surface area (TPSA) is 72.6 Å². The van der Waals surface area contributed by atoms with Crippen LogP contribution in [-0.2, 0) is 9.53 Å². The van der Waals surface area contributed by atoms with E-state index in [0.29, 0.717) is 24.4 Å². The first-order valence-electron chi connectivity index (χ1n) is 6.38. The van der Waals surface area contributed by atoms with Crippen LogP contribution >= 0.6 is 0 Å². The van der Waals surface area contributed by atoms with Gasteiger partial charge in [0.1, 0.15) is 6.54 Å². The van der Waals surface area contributed by atoms with Crippen molar-refractivity contribution in [2.75, 3.05) is 25.4 Å². The minimum absolute atomic E-state index is 0.0229. The summed E-state index contributed by atoms with van der Waals surface area (Å²) in [7, 11) is 0. The predicted octanol–water partition coefficient (Wildman–Crippen LogP) is 1.68. The number of rotatable bonds is 6. The number of nitrogens with two attached hydrogens (primary N) is 1. The molecule has 0 saturated heterocycles. The van der Waals surface area contributed by atoms with E-state index >= 15 is 0 Å². The molecule has 1 aromatic carbocycles. The molecule has 0 bridgehead atoms. The zero-order valence-electron chi connectivity index (χ0n) is 11.4. The third-order valence-electron chi connectivity index (χ3n) is 2.56. The molecule has 0 unspecified atom stereocenters. The van der Waals surface area contributed by atoms with Crippen LogP contribution in [0.15, 0.2) is 24.3 Å². The van der Waals surface area contributed by atoms with Gasteiger partial charge in [-0.1, -0.05) is 6.92 Å². The van der Waals surface area contributed by atoms with Crippen molar-refractivity contribution in [2.45, 2.75) is 20.3 Å². The van der Waals surface area contributed by atoms with E-state index in [4.69, 9.17) is 10.5 Å². The molecular formula is C14H20N2O3. The number of benzene rings is 1. The molecule has 1 amide bonds. The molecule has 0 atom stereocenters. The minimum Gasteiger partial charge on any atom is -0.465 e. The van der Waals surface area contributed by atoms with Gasteiger partial charge in [0, 0.05) is 17.8 Å². The summed E-state index contributed by atoms with van der Waals surface area (Å²) in [5.74, 6) is -0.574. The van der Waals surface area contributed by atoms with E-state index in [1.54, 1.807) is 31.2 Å². The van der Waals surface area contributed by atoms with Gasteiger partial charge in [0.2, 0.25) is 0 Å². The Kier molecular flexibility index (Phi) is 5.85. The van der Waals surface area contributed by atoms with Gasteiger partial charge in [-0.3, -0.25) is 9.59 Å². The lowest BCUT2D eigenvalue weighted by atomic mass is 10.2. The van der Waals surface area contributed by atoms with E-state index in [1.165, 1.54) is 4.90 Å². The van der Waals surface area contributed by atoms with Crippen molar-refractivity contribution >= 4 is 17.6 Å². The van der Waals surface area contributed by atoms with Crippen molar-refractivity contribution in [3.05, 3.63) is 29.8 Å². The van der Waals surface area contributed by atoms with Crippen LogP contribution in [0.4, 0.5) is 5.69 Å². The summed E-state index contributed by atoms with van der Waals surface area (Å²) in [6, 6.07) is 6.65. The number of carbonyl (C=O) groups is 2. The van der Waals surface area contributed by atoms with Gasteiger partial charge >= 0.3 is 5.97 Å². The molecule has 104 valence electrons. The second-order valence-corrected chi connectivity index (χ2v) is 4.15. The van der Waals surface area contributed by atoms with Gasteiger partial charge in [0.15, 0.2) is 0 Å². The molecule has 0 aliphatic rings. The fourth-order valence-electron chi connectivity index (χ4n) is 1.69. The van der Waals surface area contributed by atoms with Gasteiger partial charge in [0.05, 0.1) is 6.61 Å². The highest BCUT2D eigenvalue weighted by molar-refractivity contribution is 5.96. The Morgan fingerprint density at radius 1 is 1.21 bits per heavy atom. The standard InChI is InChI=1S/C14H20N2O3/c1-3-9-16(10-13(17)19-4-2)14(18)11-5-7-12(15)8-6-11/h5-8H,3-4,9-10,15H2,1-2H3. The second-order valence-electron chi connectivity index (χ2n) is 4.15. The SMILES string of the molecule is CCCN(CC(=O)OCC)C(=O)c1ccc(N)cc1. The average molecular weight is 264 g/mol. The van der Waals surface area contributed by atoms with E-state index in [2.05, 4.69) is 0 Å². The molecule has 0 saturated carbocycles. The van der Waals surface area contributed by atoms with Gasteiger partial charge in [-0.2, -0.15) is 0 Å². The molecule has 0 fully saturated rings. The third kappa shape index (κ3) is 4.62. The van der Waals surface area contributed by atoms with E-state index in [1.807, 2.05) is 6.92 Å². The van der Waals surface area contributed by atoms with Crippen LogP contribution in [-0.4, -0.2) is 36.5 Å². The fraction of sp³-hybridized carbons (Fsp3) is 0.429. The Labute approximate surface area is 113 Å². The lowest BCUT2D eigenvalue weighted by Gasteiger charge is -2.21. The van der Waals surface area contributed by atoms with Crippen molar-refractivity contribution < 1.29 is 14.3 Å². The first kappa shape index (κ1) is 15.0. The summed E-state index contributed by atoms with van der Waals surface area (Å²) < 4.78 is 4.87. The molecule has 0 aliphatic heterocycles. The first-order valence-corrected chi connectivity index (χ1v) is 6.38. The Hall–Kier alpha value is -2.04. The van der Waals surface area contributed by atoms with Crippen LogP contribution in [0.5, 0.6) is 0 Å². The fourth-order valence-corrected chi connectivity index (χ4v) is 1.69. The number of esters is 1. The number of hydrogen-bond acceptors (Lipinski definition) is 4. The number of nitrogen functional groups attached to an aromatic ring is 1. The third-order valence-corrected chi connectivity index (χ3v) is 2.56. The lowest BCUT2D eigenvalue weighted by molar-refractivity contribution is -0.143. The monoisotopic (exact) mass is 264 g/mol. The number of nitrogens with zero attached hydrogens (tertiary/aromatic N) is 1. The van der Waals surface area contributed by atoms with Crippen LogP contribution in [0.3, 0.4) is 0 Å². The van der Waals surface area contributed by atoms with E-state index in [9.17, 15) is 9.59 Å². The highest BCUT2D eigenvalue weighted by Crippen LogP contribution is 2.09. The number of amides is 1. The van der Waals surface area contributed by atoms with Crippen molar-refractivity contribution in [2.24, 2.45) is 0 Å². The normalized spacial score (nSPS) is 10.0. The van der Waals surface area contributed by atoms with Crippen molar-refractivity contribution in [3.8, 4) is 0 Å². The predicted molar refractivity (Wildman–Crippen MR) is 73.7 cm³/mol. The highest BCUT2D eigenvalue weighted by Gasteiger charge is 2.18. The molecule has 1 rings (SSSR count).